The second kappa shape index (κ2) is 6.38. The van der Waals surface area contributed by atoms with Crippen LogP contribution < -0.4 is 4.74 Å². The van der Waals surface area contributed by atoms with E-state index in [0.717, 1.165) is 33.6 Å². The van der Waals surface area contributed by atoms with Gasteiger partial charge in [-0.25, -0.2) is 0 Å². The first-order valence-electron chi connectivity index (χ1n) is 8.86. The largest absolute Gasteiger partial charge is 0.460 e. The minimum Gasteiger partial charge on any atom is -0.460 e. The highest BCUT2D eigenvalue weighted by Crippen LogP contribution is 2.40. The van der Waals surface area contributed by atoms with E-state index in [1.165, 1.54) is 5.56 Å². The maximum atomic E-state index is 6.31. The van der Waals surface area contributed by atoms with Crippen LogP contribution in [0.4, 0.5) is 0 Å². The Morgan fingerprint density at radius 1 is 0.769 bits per heavy atom. The summed E-state index contributed by atoms with van der Waals surface area (Å²) in [6.45, 7) is 6.62. The van der Waals surface area contributed by atoms with E-state index >= 15 is 0 Å². The number of hydrogen-bond acceptors (Lipinski definition) is 2. The first kappa shape index (κ1) is 16.5. The summed E-state index contributed by atoms with van der Waals surface area (Å²) in [5.74, 6) is 1.56. The molecule has 0 fully saturated rings. The van der Waals surface area contributed by atoms with Gasteiger partial charge in [-0.15, -0.1) is 0 Å². The Labute approximate surface area is 154 Å². The molecule has 0 N–H and O–H groups in total. The van der Waals surface area contributed by atoms with Gasteiger partial charge >= 0.3 is 0 Å². The molecule has 0 bridgehead atoms. The van der Waals surface area contributed by atoms with E-state index in [1.54, 1.807) is 6.26 Å². The van der Waals surface area contributed by atoms with Crippen LogP contribution in [0.15, 0.2) is 83.5 Å². The topological polar surface area (TPSA) is 22.4 Å². The Balaban J connectivity index is 1.79. The number of furan rings is 1. The second-order valence-electron chi connectivity index (χ2n) is 7.52. The lowest BCUT2D eigenvalue weighted by Gasteiger charge is -2.19. The first-order valence-corrected chi connectivity index (χ1v) is 8.86. The molecule has 0 aliphatic heterocycles. The van der Waals surface area contributed by atoms with Crippen molar-refractivity contribution in [1.29, 1.82) is 0 Å². The van der Waals surface area contributed by atoms with E-state index in [4.69, 9.17) is 9.15 Å². The summed E-state index contributed by atoms with van der Waals surface area (Å²) in [6.07, 6.45) is 1.70. The van der Waals surface area contributed by atoms with E-state index < -0.39 is 0 Å². The molecular formula is C24H22O2. The van der Waals surface area contributed by atoms with Crippen LogP contribution in [0.2, 0.25) is 0 Å². The molecule has 0 radical (unpaired) electrons. The zero-order chi connectivity index (χ0) is 18.1. The number of rotatable bonds is 3. The van der Waals surface area contributed by atoms with Crippen molar-refractivity contribution >= 4 is 11.0 Å². The van der Waals surface area contributed by atoms with Gasteiger partial charge in [0.05, 0.1) is 6.26 Å². The van der Waals surface area contributed by atoms with Gasteiger partial charge in [0, 0.05) is 10.9 Å². The Bertz CT molecular complexity index is 1020. The highest BCUT2D eigenvalue weighted by atomic mass is 16.5. The molecule has 4 aromatic rings. The van der Waals surface area contributed by atoms with Crippen molar-refractivity contribution in [1.82, 2.24) is 0 Å². The smallest absolute Gasteiger partial charge is 0.178 e. The van der Waals surface area contributed by atoms with Crippen LogP contribution in [0.25, 0.3) is 22.1 Å². The van der Waals surface area contributed by atoms with E-state index in [-0.39, 0.29) is 5.41 Å². The van der Waals surface area contributed by atoms with E-state index in [0.29, 0.717) is 0 Å². The quantitative estimate of drug-likeness (QED) is 0.393. The normalized spacial score (nSPS) is 11.7. The van der Waals surface area contributed by atoms with Gasteiger partial charge < -0.3 is 9.15 Å². The molecule has 3 aromatic carbocycles. The molecule has 4 rings (SSSR count). The Kier molecular flexibility index (Phi) is 4.04. The molecule has 2 heteroatoms. The van der Waals surface area contributed by atoms with E-state index in [9.17, 15) is 0 Å². The van der Waals surface area contributed by atoms with Crippen molar-refractivity contribution in [3.63, 3.8) is 0 Å². The monoisotopic (exact) mass is 342 g/mol. The fourth-order valence-corrected chi connectivity index (χ4v) is 3.09. The first-order chi connectivity index (χ1) is 12.5. The fraction of sp³-hybridized carbons (Fsp3) is 0.167. The number of fused-ring (bicyclic) bond motifs is 1. The third-order valence-corrected chi connectivity index (χ3v) is 4.60. The summed E-state index contributed by atoms with van der Waals surface area (Å²) in [7, 11) is 0. The maximum Gasteiger partial charge on any atom is 0.178 e. The minimum absolute atomic E-state index is 0.120. The third kappa shape index (κ3) is 3.11. The van der Waals surface area contributed by atoms with E-state index in [2.05, 4.69) is 57.2 Å². The second-order valence-corrected chi connectivity index (χ2v) is 7.52. The number of ether oxygens (including phenoxy) is 1. The molecule has 0 aliphatic rings. The van der Waals surface area contributed by atoms with Crippen LogP contribution in [0, 0.1) is 0 Å². The zero-order valence-corrected chi connectivity index (χ0v) is 15.3. The average molecular weight is 342 g/mol. The van der Waals surface area contributed by atoms with Crippen molar-refractivity contribution in [3.8, 4) is 22.6 Å². The third-order valence-electron chi connectivity index (χ3n) is 4.60. The molecule has 0 unspecified atom stereocenters. The fourth-order valence-electron chi connectivity index (χ4n) is 3.09. The molecule has 2 nitrogen and oxygen atoms in total. The SMILES string of the molecule is CC(C)(C)c1ccc(Oc2c(-c3ccccc3)ccc3ccoc23)cc1. The molecule has 1 aromatic heterocycles. The van der Waals surface area contributed by atoms with Gasteiger partial charge in [0.25, 0.3) is 0 Å². The van der Waals surface area contributed by atoms with Crippen LogP contribution in [0.5, 0.6) is 11.5 Å². The Morgan fingerprint density at radius 2 is 1.50 bits per heavy atom. The zero-order valence-electron chi connectivity index (χ0n) is 15.3. The van der Waals surface area contributed by atoms with Crippen molar-refractivity contribution in [2.75, 3.05) is 0 Å². The summed E-state index contributed by atoms with van der Waals surface area (Å²) in [6, 6.07) is 24.7. The molecule has 1 heterocycles. The van der Waals surface area contributed by atoms with E-state index in [1.807, 2.05) is 36.4 Å². The van der Waals surface area contributed by atoms with Crippen LogP contribution in [-0.4, -0.2) is 0 Å². The van der Waals surface area contributed by atoms with Gasteiger partial charge in [-0.1, -0.05) is 69.3 Å². The summed E-state index contributed by atoms with van der Waals surface area (Å²) in [5, 5.41) is 1.03. The van der Waals surface area contributed by atoms with Crippen molar-refractivity contribution < 1.29 is 9.15 Å². The maximum absolute atomic E-state index is 6.31. The highest BCUT2D eigenvalue weighted by molar-refractivity contribution is 5.91. The Morgan fingerprint density at radius 3 is 2.19 bits per heavy atom. The van der Waals surface area contributed by atoms with Crippen molar-refractivity contribution in [3.05, 3.63) is 84.6 Å². The summed E-state index contributed by atoms with van der Waals surface area (Å²) in [5.41, 5.74) is 4.30. The van der Waals surface area contributed by atoms with Crippen molar-refractivity contribution in [2.45, 2.75) is 26.2 Å². The molecular weight excluding hydrogens is 320 g/mol. The number of hydrogen-bond donors (Lipinski definition) is 0. The molecule has 26 heavy (non-hydrogen) atoms. The van der Waals surface area contributed by atoms with Gasteiger partial charge in [0.1, 0.15) is 5.75 Å². The minimum atomic E-state index is 0.120. The lowest BCUT2D eigenvalue weighted by Crippen LogP contribution is -2.10. The Hall–Kier alpha value is -3.00. The van der Waals surface area contributed by atoms with Gasteiger partial charge in [-0.2, -0.15) is 0 Å². The van der Waals surface area contributed by atoms with Gasteiger partial charge in [-0.05, 0) is 40.8 Å². The summed E-state index contributed by atoms with van der Waals surface area (Å²) in [4.78, 5) is 0. The molecule has 0 aliphatic carbocycles. The summed E-state index contributed by atoms with van der Waals surface area (Å²) >= 11 is 0. The molecule has 130 valence electrons. The van der Waals surface area contributed by atoms with Crippen LogP contribution in [0.3, 0.4) is 0 Å². The van der Waals surface area contributed by atoms with Gasteiger partial charge in [0.15, 0.2) is 11.3 Å². The van der Waals surface area contributed by atoms with Gasteiger partial charge in [-0.3, -0.25) is 0 Å². The van der Waals surface area contributed by atoms with Crippen molar-refractivity contribution in [2.24, 2.45) is 0 Å². The number of benzene rings is 3. The molecule has 0 saturated heterocycles. The molecule has 0 atom stereocenters. The lowest BCUT2D eigenvalue weighted by atomic mass is 9.87. The molecule has 0 saturated carbocycles. The average Bonchev–Trinajstić information content (AvgIpc) is 3.12. The van der Waals surface area contributed by atoms with Crippen LogP contribution in [-0.2, 0) is 5.41 Å². The highest BCUT2D eigenvalue weighted by Gasteiger charge is 2.16. The van der Waals surface area contributed by atoms with Crippen LogP contribution >= 0.6 is 0 Å². The summed E-state index contributed by atoms with van der Waals surface area (Å²) < 4.78 is 12.0. The standard InChI is InChI=1S/C24H22O2/c1-24(2,3)19-10-12-20(13-11-19)26-23-21(17-7-5-4-6-8-17)14-9-18-15-16-25-22(18)23/h4-16H,1-3H3. The molecule has 0 spiro atoms. The molecule has 0 amide bonds. The predicted molar refractivity (Wildman–Crippen MR) is 107 cm³/mol. The predicted octanol–water partition coefficient (Wildman–Crippen LogP) is 7.19. The lowest BCUT2D eigenvalue weighted by molar-refractivity contribution is 0.473. The van der Waals surface area contributed by atoms with Crippen LogP contribution in [0.1, 0.15) is 26.3 Å². The van der Waals surface area contributed by atoms with Gasteiger partial charge in [0.2, 0.25) is 0 Å².